The summed E-state index contributed by atoms with van der Waals surface area (Å²) in [6, 6.07) is 5.86. The van der Waals surface area contributed by atoms with Crippen molar-refractivity contribution in [3.05, 3.63) is 53.9 Å². The second kappa shape index (κ2) is 17.7. The summed E-state index contributed by atoms with van der Waals surface area (Å²) in [5, 5.41) is 23.5. The van der Waals surface area contributed by atoms with Gasteiger partial charge in [0.05, 0.1) is 29.4 Å². The molecule has 4 aromatic rings. The number of anilines is 1. The number of hydrogen-bond acceptors (Lipinski definition) is 11. The molecule has 1 aromatic carbocycles. The molecule has 328 valence electrons. The van der Waals surface area contributed by atoms with Crippen molar-refractivity contribution >= 4 is 28.7 Å². The van der Waals surface area contributed by atoms with Crippen molar-refractivity contribution in [2.45, 2.75) is 110 Å². The molecule has 1 amide bonds. The van der Waals surface area contributed by atoms with Gasteiger partial charge in [-0.05, 0) is 83.1 Å². The number of aliphatic carboxylic acids is 1. The molecular formula is C43H57F3N6O8. The number of methoxy groups -OCH3 is 1. The van der Waals surface area contributed by atoms with Gasteiger partial charge in [0.2, 0.25) is 5.89 Å². The van der Waals surface area contributed by atoms with Crippen LogP contribution in [-0.4, -0.2) is 112 Å². The van der Waals surface area contributed by atoms with Gasteiger partial charge in [-0.15, -0.1) is 0 Å². The minimum atomic E-state index is -4.61. The van der Waals surface area contributed by atoms with E-state index in [1.807, 2.05) is 26.8 Å². The Morgan fingerprint density at radius 2 is 1.77 bits per heavy atom. The maximum absolute atomic E-state index is 14.7. The molecule has 6 rings (SSSR count). The van der Waals surface area contributed by atoms with Crippen LogP contribution in [0.4, 0.5) is 23.7 Å². The molecule has 4 heterocycles. The van der Waals surface area contributed by atoms with Gasteiger partial charge in [0.1, 0.15) is 24.1 Å². The molecule has 14 nitrogen and oxygen atoms in total. The zero-order valence-corrected chi connectivity index (χ0v) is 35.6. The van der Waals surface area contributed by atoms with Gasteiger partial charge in [0.25, 0.3) is 0 Å². The number of benzene rings is 1. The first-order valence-electron chi connectivity index (χ1n) is 20.4. The number of halogens is 3. The summed E-state index contributed by atoms with van der Waals surface area (Å²) >= 11 is 0. The highest BCUT2D eigenvalue weighted by molar-refractivity contribution is 5.95. The normalized spacial score (nSPS) is 17.2. The van der Waals surface area contributed by atoms with E-state index in [0.29, 0.717) is 45.0 Å². The van der Waals surface area contributed by atoms with E-state index in [1.54, 1.807) is 52.1 Å². The van der Waals surface area contributed by atoms with Gasteiger partial charge in [-0.25, -0.2) is 14.6 Å². The van der Waals surface area contributed by atoms with Crippen molar-refractivity contribution in [1.82, 2.24) is 24.8 Å². The van der Waals surface area contributed by atoms with Crippen LogP contribution >= 0.6 is 0 Å². The highest BCUT2D eigenvalue weighted by Gasteiger charge is 2.38. The Balaban J connectivity index is 1.50. The lowest BCUT2D eigenvalue weighted by atomic mass is 9.84. The highest BCUT2D eigenvalue weighted by atomic mass is 19.4. The van der Waals surface area contributed by atoms with Crippen molar-refractivity contribution in [3.8, 4) is 22.5 Å². The number of piperazine rings is 1. The van der Waals surface area contributed by atoms with Crippen molar-refractivity contribution in [2.75, 3.05) is 51.4 Å². The summed E-state index contributed by atoms with van der Waals surface area (Å²) in [6.45, 7) is 13.9. The molecule has 1 aliphatic carbocycles. The number of aliphatic hydroxyl groups is 1. The molecule has 1 aliphatic heterocycles. The lowest BCUT2D eigenvalue weighted by Crippen LogP contribution is -2.47. The molecule has 1 saturated heterocycles. The van der Waals surface area contributed by atoms with Crippen LogP contribution in [0.15, 0.2) is 41.1 Å². The Labute approximate surface area is 348 Å². The Hall–Kier alpha value is -4.71. The van der Waals surface area contributed by atoms with Crippen LogP contribution < -0.4 is 10.2 Å². The number of carbonyl (C=O) groups is 2. The van der Waals surface area contributed by atoms with Crippen molar-refractivity contribution in [1.29, 1.82) is 0 Å². The van der Waals surface area contributed by atoms with Crippen LogP contribution in [-0.2, 0) is 32.0 Å². The van der Waals surface area contributed by atoms with Crippen LogP contribution in [0.25, 0.3) is 33.4 Å². The fraction of sp³-hybridized carbons (Fsp3) is 0.581. The number of carbonyl (C=O) groups excluding carboxylic acids is 1. The van der Waals surface area contributed by atoms with E-state index in [2.05, 4.69) is 20.1 Å². The maximum Gasteiger partial charge on any atom is 0.408 e. The third-order valence-electron chi connectivity index (χ3n) is 10.9. The minimum absolute atomic E-state index is 0.0457. The van der Waals surface area contributed by atoms with E-state index in [0.717, 1.165) is 31.9 Å². The number of alkyl carbamates (subject to hydrolysis) is 1. The van der Waals surface area contributed by atoms with Crippen molar-refractivity contribution in [3.63, 3.8) is 0 Å². The lowest BCUT2D eigenvalue weighted by Gasteiger charge is -2.36. The first kappa shape index (κ1) is 44.8. The van der Waals surface area contributed by atoms with Crippen LogP contribution in [0.5, 0.6) is 0 Å². The van der Waals surface area contributed by atoms with E-state index in [1.165, 1.54) is 30.8 Å². The molecule has 3 aromatic heterocycles. The molecule has 60 heavy (non-hydrogen) atoms. The molecule has 1 saturated carbocycles. The average molecular weight is 843 g/mol. The smallest absolute Gasteiger partial charge is 0.408 e. The van der Waals surface area contributed by atoms with Gasteiger partial charge in [-0.2, -0.15) is 13.2 Å². The van der Waals surface area contributed by atoms with Gasteiger partial charge >= 0.3 is 18.2 Å². The van der Waals surface area contributed by atoms with Gasteiger partial charge in [0.15, 0.2) is 12.1 Å². The molecule has 3 N–H and O–H groups in total. The molecule has 0 bridgehead atoms. The predicted molar refractivity (Wildman–Crippen MR) is 219 cm³/mol. The van der Waals surface area contributed by atoms with E-state index >= 15 is 0 Å². The van der Waals surface area contributed by atoms with Gasteiger partial charge < -0.3 is 43.6 Å². The van der Waals surface area contributed by atoms with Crippen LogP contribution in [0.2, 0.25) is 0 Å². The molecule has 2 fully saturated rings. The first-order valence-corrected chi connectivity index (χ1v) is 20.4. The second-order valence-corrected chi connectivity index (χ2v) is 17.4. The third kappa shape index (κ3) is 10.4. The summed E-state index contributed by atoms with van der Waals surface area (Å²) in [4.78, 5) is 39.2. The molecule has 3 atom stereocenters. The SMILES string of the molecule is CCO[C@H](c1nc(-c2ccc3c(c2)c(CC(C)(C)CO)c(-c2cc(N4CCN(C5CC5)CC4)cnc2[C@H](C)OC)n3CC(F)(F)F)co1)[C@H](NC(=O)OC(C)(C)C)C(=O)O. The summed E-state index contributed by atoms with van der Waals surface area (Å²) in [5.41, 5.74) is 2.02. The number of ether oxygens (including phenoxy) is 3. The summed E-state index contributed by atoms with van der Waals surface area (Å²) in [5.74, 6) is -1.57. The van der Waals surface area contributed by atoms with Crippen LogP contribution in [0.1, 0.15) is 90.7 Å². The van der Waals surface area contributed by atoms with Gasteiger partial charge in [-0.3, -0.25) is 9.88 Å². The van der Waals surface area contributed by atoms with E-state index in [-0.39, 0.29) is 31.2 Å². The van der Waals surface area contributed by atoms with Gasteiger partial charge in [0, 0.05) is 74.6 Å². The third-order valence-corrected chi connectivity index (χ3v) is 10.9. The van der Waals surface area contributed by atoms with E-state index in [9.17, 15) is 33.0 Å². The van der Waals surface area contributed by atoms with Gasteiger partial charge in [-0.1, -0.05) is 19.9 Å². The zero-order chi connectivity index (χ0) is 43.7. The molecular weight excluding hydrogens is 786 g/mol. The number of amides is 1. The maximum atomic E-state index is 14.7. The summed E-state index contributed by atoms with van der Waals surface area (Å²) in [7, 11) is 1.53. The molecule has 17 heteroatoms. The number of nitrogens with one attached hydrogen (secondary N) is 1. The average Bonchev–Trinajstić information content (AvgIpc) is 3.85. The van der Waals surface area contributed by atoms with E-state index < -0.39 is 54.0 Å². The molecule has 0 spiro atoms. The second-order valence-electron chi connectivity index (χ2n) is 17.4. The lowest BCUT2D eigenvalue weighted by molar-refractivity contribution is -0.145. The Morgan fingerprint density at radius 3 is 2.35 bits per heavy atom. The quantitative estimate of drug-likeness (QED) is 0.102. The highest BCUT2D eigenvalue weighted by Crippen LogP contribution is 2.44. The number of fused-ring (bicyclic) bond motifs is 1. The molecule has 2 aliphatic rings. The number of carboxylic acid groups (broad SMARTS) is 1. The number of nitrogens with zero attached hydrogens (tertiary/aromatic N) is 5. The Morgan fingerprint density at radius 1 is 1.07 bits per heavy atom. The minimum Gasteiger partial charge on any atom is -0.480 e. The van der Waals surface area contributed by atoms with Crippen LogP contribution in [0.3, 0.4) is 0 Å². The first-order chi connectivity index (χ1) is 28.2. The number of aromatic nitrogens is 3. The number of rotatable bonds is 16. The fourth-order valence-corrected chi connectivity index (χ4v) is 7.74. The number of pyridine rings is 1. The topological polar surface area (TPSA) is 165 Å². The van der Waals surface area contributed by atoms with Crippen molar-refractivity contribution < 1.29 is 51.6 Å². The monoisotopic (exact) mass is 842 g/mol. The number of hydrogen-bond donors (Lipinski definition) is 3. The van der Waals surface area contributed by atoms with Crippen LogP contribution in [0, 0.1) is 5.41 Å². The predicted octanol–water partition coefficient (Wildman–Crippen LogP) is 7.53. The number of oxazole rings is 1. The number of aliphatic hydroxyl groups excluding tert-OH is 1. The standard InChI is InChI=1S/C43H57F3N6O8/c1-9-58-37(35(39(54)55)49-40(56)60-41(3,4)5)38-48-32(22-59-38)26-10-13-33-29(18-26)31(20-42(6,7)24-53)36(52(33)23-43(44,45)46)30-19-28(21-47-34(30)25(2)57-8)51-16-14-50(15-17-51)27-11-12-27/h10,13,18-19,21-22,25,27,35,37,53H,9,11-12,14-17,20,23-24H2,1-8H3,(H,49,56)(H,54,55)/t25-,35-,37-/m0/s1. The zero-order valence-electron chi connectivity index (χ0n) is 35.6. The summed E-state index contributed by atoms with van der Waals surface area (Å²) < 4.78 is 68.0. The fourth-order valence-electron chi connectivity index (χ4n) is 7.74. The molecule has 0 unspecified atom stereocenters. The number of alkyl halides is 3. The Kier molecular flexibility index (Phi) is 13.2. The van der Waals surface area contributed by atoms with Crippen molar-refractivity contribution in [2.24, 2.45) is 5.41 Å². The Bertz CT molecular complexity index is 2150. The summed E-state index contributed by atoms with van der Waals surface area (Å²) in [6.07, 6.45) is -1.85. The molecule has 0 radical (unpaired) electrons. The van der Waals surface area contributed by atoms with E-state index in [4.69, 9.17) is 23.6 Å². The number of carboxylic acids is 1. The largest absolute Gasteiger partial charge is 0.480 e.